The van der Waals surface area contributed by atoms with Gasteiger partial charge in [-0.1, -0.05) is 66.7 Å². The second-order valence-electron chi connectivity index (χ2n) is 8.94. The maximum atomic E-state index is 13.4. The van der Waals surface area contributed by atoms with Crippen molar-refractivity contribution < 1.29 is 22.7 Å². The zero-order valence-electron chi connectivity index (χ0n) is 19.9. The number of rotatable bonds is 5. The van der Waals surface area contributed by atoms with E-state index in [0.29, 0.717) is 39.8 Å². The number of ether oxygens (including phenoxy) is 1. The third-order valence-corrected chi connectivity index (χ3v) is 8.06. The largest absolute Gasteiger partial charge is 0.493 e. The van der Waals surface area contributed by atoms with Crippen molar-refractivity contribution in [2.75, 3.05) is 6.61 Å². The molecule has 0 bridgehead atoms. The molecule has 6 nitrogen and oxygen atoms in total. The van der Waals surface area contributed by atoms with Gasteiger partial charge in [-0.25, -0.2) is 13.1 Å². The number of nitrogens with one attached hydrogen (secondary N) is 1. The molecule has 0 saturated carbocycles. The molecule has 5 rings (SSSR count). The van der Waals surface area contributed by atoms with E-state index in [2.05, 4.69) is 4.72 Å². The van der Waals surface area contributed by atoms with Crippen molar-refractivity contribution in [3.05, 3.63) is 107 Å². The van der Waals surface area contributed by atoms with Gasteiger partial charge in [0.1, 0.15) is 5.75 Å². The predicted octanol–water partition coefficient (Wildman–Crippen LogP) is 5.06. The molecule has 0 saturated heterocycles. The molecule has 0 aliphatic carbocycles. The maximum Gasteiger partial charge on any atom is 0.264 e. The summed E-state index contributed by atoms with van der Waals surface area (Å²) >= 11 is 0. The summed E-state index contributed by atoms with van der Waals surface area (Å²) in [5.41, 5.74) is 2.96. The van der Waals surface area contributed by atoms with Crippen LogP contribution in [-0.4, -0.2) is 26.7 Å². The third-order valence-electron chi connectivity index (χ3n) is 6.65. The lowest BCUT2D eigenvalue weighted by Crippen LogP contribution is -2.37. The summed E-state index contributed by atoms with van der Waals surface area (Å²) < 4.78 is 34.7. The number of carbonyl (C=O) groups excluding carboxylic acids is 2. The van der Waals surface area contributed by atoms with Crippen molar-refractivity contribution in [2.24, 2.45) is 0 Å². The van der Waals surface area contributed by atoms with Crippen LogP contribution in [0.2, 0.25) is 0 Å². The number of carbonyl (C=O) groups is 2. The lowest BCUT2D eigenvalue weighted by Gasteiger charge is -2.28. The first-order valence-electron chi connectivity index (χ1n) is 11.7. The van der Waals surface area contributed by atoms with Crippen LogP contribution in [0.1, 0.15) is 45.0 Å². The SMILES string of the molecule is Cc1cc2c(c(C)c1C(=O)c1ccccc1)C(C(=O)NS(=O)(=O)c1cccc3ccccc13)CCO2. The summed E-state index contributed by atoms with van der Waals surface area (Å²) in [4.78, 5) is 26.8. The molecule has 0 fully saturated rings. The van der Waals surface area contributed by atoms with E-state index in [9.17, 15) is 18.0 Å². The van der Waals surface area contributed by atoms with Gasteiger partial charge >= 0.3 is 0 Å². The molecule has 4 aromatic carbocycles. The molecule has 1 N–H and O–H groups in total. The number of hydrogen-bond acceptors (Lipinski definition) is 5. The number of ketones is 1. The van der Waals surface area contributed by atoms with E-state index in [1.165, 1.54) is 6.07 Å². The van der Waals surface area contributed by atoms with Crippen LogP contribution < -0.4 is 9.46 Å². The monoisotopic (exact) mass is 499 g/mol. The van der Waals surface area contributed by atoms with Crippen LogP contribution in [-0.2, 0) is 14.8 Å². The van der Waals surface area contributed by atoms with Crippen molar-refractivity contribution in [3.8, 4) is 5.75 Å². The minimum atomic E-state index is -4.14. The fourth-order valence-corrected chi connectivity index (χ4v) is 6.23. The molecular formula is C29H25NO5S. The van der Waals surface area contributed by atoms with E-state index in [1.54, 1.807) is 55.5 Å². The van der Waals surface area contributed by atoms with Crippen LogP contribution in [0.4, 0.5) is 0 Å². The highest BCUT2D eigenvalue weighted by Gasteiger charge is 2.34. The number of aryl methyl sites for hydroxylation is 1. The summed E-state index contributed by atoms with van der Waals surface area (Å²) in [6.07, 6.45) is 0.298. The first kappa shape index (κ1) is 23.8. The zero-order valence-corrected chi connectivity index (χ0v) is 20.8. The fraction of sp³-hybridized carbons (Fsp3) is 0.172. The van der Waals surface area contributed by atoms with Gasteiger partial charge in [-0.15, -0.1) is 0 Å². The predicted molar refractivity (Wildman–Crippen MR) is 138 cm³/mol. The van der Waals surface area contributed by atoms with Crippen LogP contribution in [0.25, 0.3) is 10.8 Å². The summed E-state index contributed by atoms with van der Waals surface area (Å²) in [6, 6.07) is 22.8. The smallest absolute Gasteiger partial charge is 0.264 e. The summed E-state index contributed by atoms with van der Waals surface area (Å²) in [6.45, 7) is 3.89. The van der Waals surface area contributed by atoms with E-state index in [4.69, 9.17) is 4.74 Å². The van der Waals surface area contributed by atoms with Crippen molar-refractivity contribution in [1.82, 2.24) is 4.72 Å². The molecular weight excluding hydrogens is 474 g/mol. The Bertz CT molecular complexity index is 1600. The van der Waals surface area contributed by atoms with Gasteiger partial charge in [0.25, 0.3) is 10.0 Å². The second kappa shape index (κ2) is 9.24. The van der Waals surface area contributed by atoms with Crippen LogP contribution in [0, 0.1) is 13.8 Å². The van der Waals surface area contributed by atoms with E-state index in [0.717, 1.165) is 10.9 Å². The Kier molecular flexibility index (Phi) is 6.10. The molecule has 1 unspecified atom stereocenters. The van der Waals surface area contributed by atoms with E-state index < -0.39 is 21.8 Å². The molecule has 1 heterocycles. The van der Waals surface area contributed by atoms with Gasteiger partial charge in [0.2, 0.25) is 5.91 Å². The van der Waals surface area contributed by atoms with Crippen molar-refractivity contribution in [1.29, 1.82) is 0 Å². The topological polar surface area (TPSA) is 89.5 Å². The number of hydrogen-bond donors (Lipinski definition) is 1. The lowest BCUT2D eigenvalue weighted by atomic mass is 9.83. The van der Waals surface area contributed by atoms with Crippen LogP contribution in [0.5, 0.6) is 5.75 Å². The first-order chi connectivity index (χ1) is 17.3. The average molecular weight is 500 g/mol. The summed E-state index contributed by atoms with van der Waals surface area (Å²) in [5, 5.41) is 1.30. The van der Waals surface area contributed by atoms with Crippen LogP contribution >= 0.6 is 0 Å². The number of fused-ring (bicyclic) bond motifs is 2. The minimum Gasteiger partial charge on any atom is -0.493 e. The highest BCUT2D eigenvalue weighted by atomic mass is 32.2. The van der Waals surface area contributed by atoms with Crippen molar-refractivity contribution in [3.63, 3.8) is 0 Å². The highest BCUT2D eigenvalue weighted by molar-refractivity contribution is 7.90. The van der Waals surface area contributed by atoms with Gasteiger partial charge in [0.05, 0.1) is 17.4 Å². The van der Waals surface area contributed by atoms with Gasteiger partial charge in [-0.3, -0.25) is 9.59 Å². The molecule has 0 aromatic heterocycles. The molecule has 182 valence electrons. The number of sulfonamides is 1. The molecule has 1 amide bonds. The molecule has 4 aromatic rings. The zero-order chi connectivity index (χ0) is 25.4. The van der Waals surface area contributed by atoms with Crippen LogP contribution in [0.3, 0.4) is 0 Å². The van der Waals surface area contributed by atoms with E-state index >= 15 is 0 Å². The van der Waals surface area contributed by atoms with Crippen LogP contribution in [0.15, 0.2) is 83.8 Å². The normalized spacial score (nSPS) is 15.1. The third kappa shape index (κ3) is 4.16. The molecule has 0 spiro atoms. The fourth-order valence-electron chi connectivity index (χ4n) is 4.98. The first-order valence-corrected chi connectivity index (χ1v) is 13.2. The summed E-state index contributed by atoms with van der Waals surface area (Å²) in [7, 11) is -4.14. The quantitative estimate of drug-likeness (QED) is 0.388. The Balaban J connectivity index is 1.53. The molecule has 1 aliphatic rings. The Morgan fingerprint density at radius 3 is 2.39 bits per heavy atom. The standard InChI is InChI=1S/C29H25NO5S/c1-18-17-24-27(19(2)26(18)28(31)21-10-4-3-5-11-21)23(15-16-35-24)29(32)30-36(33,34)25-14-8-12-20-9-6-7-13-22(20)25/h3-14,17,23H,15-16H2,1-2H3,(H,30,32). The Morgan fingerprint density at radius 1 is 0.917 bits per heavy atom. The molecule has 1 atom stereocenters. The van der Waals surface area contributed by atoms with Gasteiger partial charge in [-0.2, -0.15) is 0 Å². The summed E-state index contributed by atoms with van der Waals surface area (Å²) in [5.74, 6) is -1.07. The average Bonchev–Trinajstić information content (AvgIpc) is 2.88. The number of benzene rings is 4. The minimum absolute atomic E-state index is 0.0433. The molecule has 0 radical (unpaired) electrons. The Hall–Kier alpha value is -3.97. The van der Waals surface area contributed by atoms with Gasteiger partial charge < -0.3 is 4.74 Å². The van der Waals surface area contributed by atoms with E-state index in [1.807, 2.05) is 31.2 Å². The molecule has 7 heteroatoms. The lowest BCUT2D eigenvalue weighted by molar-refractivity contribution is -0.121. The Morgan fingerprint density at radius 2 is 1.61 bits per heavy atom. The molecule has 1 aliphatic heterocycles. The number of amides is 1. The maximum absolute atomic E-state index is 13.4. The van der Waals surface area contributed by atoms with E-state index in [-0.39, 0.29) is 17.3 Å². The Labute approximate surface area is 210 Å². The second-order valence-corrected chi connectivity index (χ2v) is 10.6. The van der Waals surface area contributed by atoms with Gasteiger partial charge in [-0.05, 0) is 48.9 Å². The highest BCUT2D eigenvalue weighted by Crippen LogP contribution is 2.40. The van der Waals surface area contributed by atoms with Gasteiger partial charge in [0.15, 0.2) is 5.78 Å². The van der Waals surface area contributed by atoms with Gasteiger partial charge in [0, 0.05) is 22.1 Å². The molecule has 36 heavy (non-hydrogen) atoms. The van der Waals surface area contributed by atoms with Crippen molar-refractivity contribution >= 4 is 32.5 Å². The van der Waals surface area contributed by atoms with Crippen molar-refractivity contribution in [2.45, 2.75) is 31.1 Å².